The molecule has 2 rings (SSSR count). The molecule has 12 heavy (non-hydrogen) atoms. The molecule has 1 unspecified atom stereocenters. The molecule has 2 heteroatoms. The summed E-state index contributed by atoms with van der Waals surface area (Å²) in [6, 6.07) is 2.87. The van der Waals surface area contributed by atoms with Gasteiger partial charge < -0.3 is 10.3 Å². The molecule has 2 nitrogen and oxygen atoms in total. The normalized spacial score (nSPS) is 23.3. The zero-order valence-electron chi connectivity index (χ0n) is 7.78. The Hall–Kier alpha value is -0.760. The van der Waals surface area contributed by atoms with Crippen LogP contribution in [0.15, 0.2) is 6.07 Å². The lowest BCUT2D eigenvalue weighted by Crippen LogP contribution is -2.12. The predicted molar refractivity (Wildman–Crippen MR) is 50.2 cm³/mol. The number of aromatic amines is 1. The van der Waals surface area contributed by atoms with Crippen molar-refractivity contribution < 1.29 is 0 Å². The van der Waals surface area contributed by atoms with Crippen LogP contribution in [0.2, 0.25) is 0 Å². The number of rotatable bonds is 1. The minimum Gasteiger partial charge on any atom is -0.362 e. The van der Waals surface area contributed by atoms with Gasteiger partial charge in [0.15, 0.2) is 0 Å². The fourth-order valence-electron chi connectivity index (χ4n) is 2.06. The molecule has 66 valence electrons. The second-order valence-electron chi connectivity index (χ2n) is 3.68. The molecule has 0 aromatic carbocycles. The van der Waals surface area contributed by atoms with Crippen molar-refractivity contribution in [2.45, 2.75) is 32.7 Å². The van der Waals surface area contributed by atoms with Crippen LogP contribution in [0, 0.1) is 13.8 Å². The fraction of sp³-hybridized carbons (Fsp3) is 0.600. The quantitative estimate of drug-likeness (QED) is 0.653. The minimum absolute atomic E-state index is 0.606. The highest BCUT2D eigenvalue weighted by molar-refractivity contribution is 5.28. The molecular weight excluding hydrogens is 148 g/mol. The first-order chi connectivity index (χ1) is 5.77. The summed E-state index contributed by atoms with van der Waals surface area (Å²) in [5, 5.41) is 3.51. The topological polar surface area (TPSA) is 27.8 Å². The van der Waals surface area contributed by atoms with E-state index < -0.39 is 0 Å². The minimum atomic E-state index is 0.606. The van der Waals surface area contributed by atoms with E-state index in [1.807, 2.05) is 0 Å². The highest BCUT2D eigenvalue weighted by Crippen LogP contribution is 2.25. The third-order valence-electron chi connectivity index (χ3n) is 2.63. The molecule has 1 aromatic heterocycles. The van der Waals surface area contributed by atoms with Crippen molar-refractivity contribution in [3.05, 3.63) is 23.0 Å². The molecule has 1 aliphatic rings. The summed E-state index contributed by atoms with van der Waals surface area (Å²) in [5.74, 6) is 0. The van der Waals surface area contributed by atoms with Gasteiger partial charge in [0.1, 0.15) is 0 Å². The largest absolute Gasteiger partial charge is 0.362 e. The molecule has 1 fully saturated rings. The Morgan fingerprint density at radius 2 is 2.25 bits per heavy atom. The highest BCUT2D eigenvalue weighted by atomic mass is 14.9. The number of hydrogen-bond donors (Lipinski definition) is 2. The van der Waals surface area contributed by atoms with Crippen molar-refractivity contribution in [2.24, 2.45) is 0 Å². The SMILES string of the molecule is Cc1cc(C2CCCN2)c(C)[nH]1. The van der Waals surface area contributed by atoms with Gasteiger partial charge in [-0.15, -0.1) is 0 Å². The second kappa shape index (κ2) is 2.94. The van der Waals surface area contributed by atoms with Crippen LogP contribution in [0.3, 0.4) is 0 Å². The van der Waals surface area contributed by atoms with Crippen molar-refractivity contribution >= 4 is 0 Å². The van der Waals surface area contributed by atoms with Gasteiger partial charge in [0, 0.05) is 17.4 Å². The lowest BCUT2D eigenvalue weighted by Gasteiger charge is -2.08. The van der Waals surface area contributed by atoms with Gasteiger partial charge in [-0.05, 0) is 44.9 Å². The maximum atomic E-state index is 3.51. The lowest BCUT2D eigenvalue weighted by molar-refractivity contribution is 0.644. The maximum Gasteiger partial charge on any atom is 0.0338 e. The van der Waals surface area contributed by atoms with E-state index in [0.29, 0.717) is 6.04 Å². The van der Waals surface area contributed by atoms with E-state index in [1.54, 1.807) is 0 Å². The zero-order chi connectivity index (χ0) is 8.55. The summed E-state index contributed by atoms with van der Waals surface area (Å²) in [6.45, 7) is 5.45. The Morgan fingerprint density at radius 1 is 1.42 bits per heavy atom. The van der Waals surface area contributed by atoms with E-state index >= 15 is 0 Å². The average molecular weight is 164 g/mol. The average Bonchev–Trinajstić information content (AvgIpc) is 2.58. The molecule has 0 bridgehead atoms. The van der Waals surface area contributed by atoms with E-state index in [4.69, 9.17) is 0 Å². The second-order valence-corrected chi connectivity index (χ2v) is 3.68. The Bertz CT molecular complexity index is 269. The van der Waals surface area contributed by atoms with E-state index in [2.05, 4.69) is 30.2 Å². The van der Waals surface area contributed by atoms with E-state index in [0.717, 1.165) is 0 Å². The van der Waals surface area contributed by atoms with Crippen LogP contribution in [0.5, 0.6) is 0 Å². The maximum absolute atomic E-state index is 3.51. The molecule has 0 aliphatic carbocycles. The van der Waals surface area contributed by atoms with Gasteiger partial charge in [-0.1, -0.05) is 0 Å². The van der Waals surface area contributed by atoms with E-state index in [-0.39, 0.29) is 0 Å². The van der Waals surface area contributed by atoms with Crippen molar-refractivity contribution in [3.8, 4) is 0 Å². The van der Waals surface area contributed by atoms with Crippen molar-refractivity contribution in [2.75, 3.05) is 6.54 Å². The first kappa shape index (κ1) is 7.87. The molecular formula is C10H16N2. The van der Waals surface area contributed by atoms with Crippen molar-refractivity contribution in [1.29, 1.82) is 0 Å². The van der Waals surface area contributed by atoms with Gasteiger partial charge in [-0.3, -0.25) is 0 Å². The molecule has 0 saturated carbocycles. The number of aryl methyl sites for hydroxylation is 2. The number of hydrogen-bond acceptors (Lipinski definition) is 1. The van der Waals surface area contributed by atoms with Gasteiger partial charge in [0.05, 0.1) is 0 Å². The first-order valence-electron chi connectivity index (χ1n) is 4.67. The van der Waals surface area contributed by atoms with Gasteiger partial charge in [-0.25, -0.2) is 0 Å². The smallest absolute Gasteiger partial charge is 0.0338 e. The molecule has 0 amide bonds. The lowest BCUT2D eigenvalue weighted by atomic mass is 10.1. The standard InChI is InChI=1S/C10H16N2/c1-7-6-9(8(2)12-7)10-4-3-5-11-10/h6,10-12H,3-5H2,1-2H3. The summed E-state index contributed by atoms with van der Waals surface area (Å²) in [4.78, 5) is 3.34. The van der Waals surface area contributed by atoms with Gasteiger partial charge in [0.25, 0.3) is 0 Å². The van der Waals surface area contributed by atoms with Crippen LogP contribution in [0.25, 0.3) is 0 Å². The summed E-state index contributed by atoms with van der Waals surface area (Å²) < 4.78 is 0. The van der Waals surface area contributed by atoms with Crippen LogP contribution in [0.4, 0.5) is 0 Å². The fourth-order valence-corrected chi connectivity index (χ4v) is 2.06. The van der Waals surface area contributed by atoms with Gasteiger partial charge in [-0.2, -0.15) is 0 Å². The number of H-pyrrole nitrogens is 1. The van der Waals surface area contributed by atoms with Crippen LogP contribution in [-0.4, -0.2) is 11.5 Å². The summed E-state index contributed by atoms with van der Waals surface area (Å²) >= 11 is 0. The Kier molecular flexibility index (Phi) is 1.93. The van der Waals surface area contributed by atoms with Gasteiger partial charge in [0.2, 0.25) is 0 Å². The van der Waals surface area contributed by atoms with Crippen LogP contribution < -0.4 is 5.32 Å². The van der Waals surface area contributed by atoms with Crippen molar-refractivity contribution in [3.63, 3.8) is 0 Å². The monoisotopic (exact) mass is 164 g/mol. The molecule has 1 aromatic rings. The molecule has 1 saturated heterocycles. The van der Waals surface area contributed by atoms with Crippen LogP contribution in [0.1, 0.15) is 35.8 Å². The third-order valence-corrected chi connectivity index (χ3v) is 2.63. The summed E-state index contributed by atoms with van der Waals surface area (Å²) in [6.07, 6.45) is 2.60. The Labute approximate surface area is 73.4 Å². The molecule has 0 radical (unpaired) electrons. The summed E-state index contributed by atoms with van der Waals surface area (Å²) in [7, 11) is 0. The molecule has 2 N–H and O–H groups in total. The highest BCUT2D eigenvalue weighted by Gasteiger charge is 2.18. The number of nitrogens with one attached hydrogen (secondary N) is 2. The molecule has 0 spiro atoms. The van der Waals surface area contributed by atoms with E-state index in [9.17, 15) is 0 Å². The molecule has 1 aliphatic heterocycles. The Morgan fingerprint density at radius 3 is 2.75 bits per heavy atom. The Balaban J connectivity index is 2.25. The van der Waals surface area contributed by atoms with Gasteiger partial charge >= 0.3 is 0 Å². The summed E-state index contributed by atoms with van der Waals surface area (Å²) in [5.41, 5.74) is 4.06. The van der Waals surface area contributed by atoms with Crippen LogP contribution in [-0.2, 0) is 0 Å². The predicted octanol–water partition coefficient (Wildman–Crippen LogP) is 2.06. The zero-order valence-corrected chi connectivity index (χ0v) is 7.78. The molecule has 2 heterocycles. The van der Waals surface area contributed by atoms with E-state index in [1.165, 1.54) is 36.3 Å². The first-order valence-corrected chi connectivity index (χ1v) is 4.67. The van der Waals surface area contributed by atoms with Crippen LogP contribution >= 0.6 is 0 Å². The third kappa shape index (κ3) is 1.27. The molecule has 1 atom stereocenters. The van der Waals surface area contributed by atoms with Crippen molar-refractivity contribution in [1.82, 2.24) is 10.3 Å². The number of aromatic nitrogens is 1.